The summed E-state index contributed by atoms with van der Waals surface area (Å²) in [5, 5.41) is 3.70. The van der Waals surface area contributed by atoms with E-state index in [9.17, 15) is 0 Å². The van der Waals surface area contributed by atoms with Crippen LogP contribution in [0.2, 0.25) is 0 Å². The quantitative estimate of drug-likeness (QED) is 0.688. The van der Waals surface area contributed by atoms with Gasteiger partial charge in [-0.2, -0.15) is 0 Å². The fourth-order valence-electron chi connectivity index (χ4n) is 2.97. The zero-order valence-electron chi connectivity index (χ0n) is 12.8. The molecule has 112 valence electrons. The maximum atomic E-state index is 5.70. The van der Waals surface area contributed by atoms with Gasteiger partial charge in [0.15, 0.2) is 0 Å². The monoisotopic (exact) mass is 270 g/mol. The number of hydrogen-bond acceptors (Lipinski definition) is 4. The summed E-state index contributed by atoms with van der Waals surface area (Å²) in [4.78, 5) is 2.53. The fraction of sp³-hybridized carbons (Fsp3) is 1.00. The standard InChI is InChI=1S/C15H30N2O2/c1-4-17(13(2)9-18-3)11-15(7-8-19-12-15)10-16-14-5-6-14/h13-14,16H,4-12H2,1-3H3. The highest BCUT2D eigenvalue weighted by molar-refractivity contribution is 4.92. The molecule has 0 aromatic heterocycles. The van der Waals surface area contributed by atoms with Gasteiger partial charge in [0.2, 0.25) is 0 Å². The normalized spacial score (nSPS) is 29.1. The first-order valence-corrected chi connectivity index (χ1v) is 7.73. The van der Waals surface area contributed by atoms with E-state index < -0.39 is 0 Å². The van der Waals surface area contributed by atoms with E-state index in [-0.39, 0.29) is 0 Å². The van der Waals surface area contributed by atoms with Crippen molar-refractivity contribution in [3.05, 3.63) is 0 Å². The van der Waals surface area contributed by atoms with Crippen molar-refractivity contribution in [3.8, 4) is 0 Å². The van der Waals surface area contributed by atoms with Crippen LogP contribution in [0.5, 0.6) is 0 Å². The summed E-state index contributed by atoms with van der Waals surface area (Å²) in [5.41, 5.74) is 0.306. The molecule has 1 N–H and O–H groups in total. The van der Waals surface area contributed by atoms with E-state index in [2.05, 4.69) is 24.1 Å². The van der Waals surface area contributed by atoms with E-state index in [1.165, 1.54) is 19.3 Å². The summed E-state index contributed by atoms with van der Waals surface area (Å²) in [6, 6.07) is 1.26. The highest BCUT2D eigenvalue weighted by atomic mass is 16.5. The van der Waals surface area contributed by atoms with Crippen molar-refractivity contribution in [1.29, 1.82) is 0 Å². The SMILES string of the molecule is CCN(CC1(CNC2CC2)CCOC1)C(C)COC. The van der Waals surface area contributed by atoms with Crippen LogP contribution in [-0.2, 0) is 9.47 Å². The highest BCUT2D eigenvalue weighted by Crippen LogP contribution is 2.31. The molecule has 0 aromatic rings. The largest absolute Gasteiger partial charge is 0.383 e. The van der Waals surface area contributed by atoms with Gasteiger partial charge in [-0.25, -0.2) is 0 Å². The number of ether oxygens (including phenoxy) is 2. The summed E-state index contributed by atoms with van der Waals surface area (Å²) in [7, 11) is 1.79. The van der Waals surface area contributed by atoms with Gasteiger partial charge in [-0.15, -0.1) is 0 Å². The molecule has 2 unspecified atom stereocenters. The van der Waals surface area contributed by atoms with E-state index in [1.54, 1.807) is 7.11 Å². The van der Waals surface area contributed by atoms with Crippen molar-refractivity contribution in [3.63, 3.8) is 0 Å². The van der Waals surface area contributed by atoms with Crippen LogP contribution in [0.15, 0.2) is 0 Å². The van der Waals surface area contributed by atoms with Gasteiger partial charge >= 0.3 is 0 Å². The summed E-state index contributed by atoms with van der Waals surface area (Å²) in [6.07, 6.45) is 3.89. The Morgan fingerprint density at radius 2 is 2.26 bits per heavy atom. The Morgan fingerprint density at radius 1 is 1.47 bits per heavy atom. The molecule has 0 spiro atoms. The van der Waals surface area contributed by atoms with E-state index >= 15 is 0 Å². The molecule has 4 heteroatoms. The second kappa shape index (κ2) is 7.02. The average Bonchev–Trinajstić information content (AvgIpc) is 3.13. The molecule has 0 radical (unpaired) electrons. The van der Waals surface area contributed by atoms with E-state index in [0.717, 1.165) is 45.5 Å². The van der Waals surface area contributed by atoms with Crippen LogP contribution in [0.25, 0.3) is 0 Å². The third kappa shape index (κ3) is 4.42. The third-order valence-corrected chi connectivity index (χ3v) is 4.50. The minimum Gasteiger partial charge on any atom is -0.383 e. The van der Waals surface area contributed by atoms with Crippen molar-refractivity contribution in [2.24, 2.45) is 5.41 Å². The first-order chi connectivity index (χ1) is 9.19. The minimum atomic E-state index is 0.306. The Morgan fingerprint density at radius 3 is 2.79 bits per heavy atom. The second-order valence-electron chi connectivity index (χ2n) is 6.33. The smallest absolute Gasteiger partial charge is 0.0615 e. The summed E-state index contributed by atoms with van der Waals surface area (Å²) < 4.78 is 11.0. The Kier molecular flexibility index (Phi) is 5.63. The molecule has 4 nitrogen and oxygen atoms in total. The van der Waals surface area contributed by atoms with Crippen LogP contribution >= 0.6 is 0 Å². The van der Waals surface area contributed by atoms with Gasteiger partial charge in [0.25, 0.3) is 0 Å². The molecule has 1 aliphatic carbocycles. The molecule has 1 saturated carbocycles. The fourth-order valence-corrected chi connectivity index (χ4v) is 2.97. The molecule has 2 atom stereocenters. The number of nitrogens with one attached hydrogen (secondary N) is 1. The van der Waals surface area contributed by atoms with Gasteiger partial charge in [-0.1, -0.05) is 6.92 Å². The van der Waals surface area contributed by atoms with Crippen LogP contribution in [0.3, 0.4) is 0 Å². The van der Waals surface area contributed by atoms with Crippen molar-refractivity contribution < 1.29 is 9.47 Å². The molecule has 0 bridgehead atoms. The lowest BCUT2D eigenvalue weighted by molar-refractivity contribution is 0.0568. The Bertz CT molecular complexity index is 263. The van der Waals surface area contributed by atoms with Crippen LogP contribution in [-0.4, -0.2) is 63.5 Å². The van der Waals surface area contributed by atoms with Crippen molar-refractivity contribution in [1.82, 2.24) is 10.2 Å². The maximum Gasteiger partial charge on any atom is 0.0615 e. The maximum absolute atomic E-state index is 5.70. The molecule has 2 rings (SSSR count). The molecule has 19 heavy (non-hydrogen) atoms. The zero-order chi connectivity index (χ0) is 13.7. The number of nitrogens with zero attached hydrogens (tertiary/aromatic N) is 1. The van der Waals surface area contributed by atoms with E-state index in [0.29, 0.717) is 11.5 Å². The molecule has 0 amide bonds. The molecular formula is C15H30N2O2. The van der Waals surface area contributed by atoms with Gasteiger partial charge in [-0.3, -0.25) is 4.90 Å². The molecule has 2 fully saturated rings. The minimum absolute atomic E-state index is 0.306. The summed E-state index contributed by atoms with van der Waals surface area (Å²) in [5.74, 6) is 0. The number of methoxy groups -OCH3 is 1. The van der Waals surface area contributed by atoms with Gasteiger partial charge in [0.05, 0.1) is 13.2 Å². The van der Waals surface area contributed by atoms with Crippen LogP contribution in [0.4, 0.5) is 0 Å². The molecule has 1 saturated heterocycles. The third-order valence-electron chi connectivity index (χ3n) is 4.50. The average molecular weight is 270 g/mol. The first kappa shape index (κ1) is 15.2. The number of rotatable bonds is 9. The summed E-state index contributed by atoms with van der Waals surface area (Å²) >= 11 is 0. The van der Waals surface area contributed by atoms with Crippen molar-refractivity contribution in [2.75, 3.05) is 46.6 Å². The Hall–Kier alpha value is -0.160. The number of likely N-dealkylation sites (N-methyl/N-ethyl adjacent to an activating group) is 1. The van der Waals surface area contributed by atoms with Gasteiger partial charge < -0.3 is 14.8 Å². The van der Waals surface area contributed by atoms with Crippen molar-refractivity contribution >= 4 is 0 Å². The molecular weight excluding hydrogens is 240 g/mol. The lowest BCUT2D eigenvalue weighted by atomic mass is 9.86. The van der Waals surface area contributed by atoms with Gasteiger partial charge in [0, 0.05) is 44.3 Å². The Balaban J connectivity index is 1.89. The second-order valence-corrected chi connectivity index (χ2v) is 6.33. The van der Waals surface area contributed by atoms with Crippen LogP contribution < -0.4 is 5.32 Å². The van der Waals surface area contributed by atoms with Gasteiger partial charge in [-0.05, 0) is 32.7 Å². The molecule has 1 aliphatic heterocycles. The van der Waals surface area contributed by atoms with Crippen LogP contribution in [0, 0.1) is 5.41 Å². The molecule has 1 heterocycles. The molecule has 0 aromatic carbocycles. The highest BCUT2D eigenvalue weighted by Gasteiger charge is 2.38. The number of hydrogen-bond donors (Lipinski definition) is 1. The lowest BCUT2D eigenvalue weighted by Gasteiger charge is -2.37. The van der Waals surface area contributed by atoms with Crippen LogP contribution in [0.1, 0.15) is 33.1 Å². The lowest BCUT2D eigenvalue weighted by Crippen LogP contribution is -2.48. The first-order valence-electron chi connectivity index (χ1n) is 7.73. The summed E-state index contributed by atoms with van der Waals surface area (Å²) in [6.45, 7) is 10.4. The molecule has 2 aliphatic rings. The topological polar surface area (TPSA) is 33.7 Å². The predicted octanol–water partition coefficient (Wildman–Crippen LogP) is 1.50. The predicted molar refractivity (Wildman–Crippen MR) is 77.5 cm³/mol. The zero-order valence-corrected chi connectivity index (χ0v) is 12.8. The van der Waals surface area contributed by atoms with E-state index in [4.69, 9.17) is 9.47 Å². The van der Waals surface area contributed by atoms with E-state index in [1.807, 2.05) is 0 Å². The van der Waals surface area contributed by atoms with Crippen molar-refractivity contribution in [2.45, 2.75) is 45.2 Å². The van der Waals surface area contributed by atoms with Gasteiger partial charge in [0.1, 0.15) is 0 Å². The Labute approximate surface area is 117 Å².